The Balaban J connectivity index is 2.08. The zero-order valence-electron chi connectivity index (χ0n) is 11.9. The first-order valence-corrected chi connectivity index (χ1v) is 8.28. The number of halogens is 1. The van der Waals surface area contributed by atoms with Gasteiger partial charge in [-0.25, -0.2) is 0 Å². The summed E-state index contributed by atoms with van der Waals surface area (Å²) in [6.45, 7) is 2.10. The molecule has 1 aliphatic rings. The van der Waals surface area contributed by atoms with E-state index in [9.17, 15) is 9.59 Å². The van der Waals surface area contributed by atoms with Gasteiger partial charge in [-0.05, 0) is 30.2 Å². The third-order valence-electron chi connectivity index (χ3n) is 2.80. The number of nitrogens with zero attached hydrogens (tertiary/aromatic N) is 1. The van der Waals surface area contributed by atoms with E-state index in [4.69, 9.17) is 28.6 Å². The number of benzene rings is 1. The minimum absolute atomic E-state index is 0.150. The number of amides is 1. The van der Waals surface area contributed by atoms with Gasteiger partial charge in [0.05, 0.1) is 11.5 Å². The van der Waals surface area contributed by atoms with Crippen molar-refractivity contribution in [2.75, 3.05) is 13.2 Å². The summed E-state index contributed by atoms with van der Waals surface area (Å²) < 4.78 is 5.34. The number of carbonyl (C=O) groups excluding carboxylic acids is 2. The van der Waals surface area contributed by atoms with Crippen LogP contribution < -0.4 is 0 Å². The normalized spacial score (nSPS) is 16.5. The molecule has 1 saturated heterocycles. The molecule has 0 aromatic heterocycles. The second-order valence-corrected chi connectivity index (χ2v) is 6.65. The van der Waals surface area contributed by atoms with Crippen molar-refractivity contribution in [1.29, 1.82) is 0 Å². The summed E-state index contributed by atoms with van der Waals surface area (Å²) in [5, 5.41) is 0.628. The molecule has 1 aromatic rings. The van der Waals surface area contributed by atoms with Gasteiger partial charge >= 0.3 is 5.97 Å². The number of hydrogen-bond acceptors (Lipinski definition) is 5. The monoisotopic (exact) mass is 355 g/mol. The number of rotatable bonds is 5. The molecule has 4 nitrogen and oxygen atoms in total. The predicted octanol–water partition coefficient (Wildman–Crippen LogP) is 3.49. The molecule has 2 rings (SSSR count). The Morgan fingerprint density at radius 2 is 2.09 bits per heavy atom. The average molecular weight is 356 g/mol. The van der Waals surface area contributed by atoms with E-state index >= 15 is 0 Å². The van der Waals surface area contributed by atoms with E-state index in [2.05, 4.69) is 0 Å². The van der Waals surface area contributed by atoms with Gasteiger partial charge in [-0.2, -0.15) is 0 Å². The summed E-state index contributed by atoms with van der Waals surface area (Å²) >= 11 is 12.2. The Morgan fingerprint density at radius 3 is 2.73 bits per heavy atom. The van der Waals surface area contributed by atoms with Crippen LogP contribution in [-0.2, 0) is 14.3 Å². The maximum Gasteiger partial charge on any atom is 0.326 e. The first-order chi connectivity index (χ1) is 10.5. The van der Waals surface area contributed by atoms with E-state index in [1.807, 2.05) is 19.1 Å². The van der Waals surface area contributed by atoms with Gasteiger partial charge in [0.15, 0.2) is 0 Å². The highest BCUT2D eigenvalue weighted by atomic mass is 35.5. The Bertz CT molecular complexity index is 628. The molecule has 0 spiro atoms. The number of carbonyl (C=O) groups is 2. The smallest absolute Gasteiger partial charge is 0.326 e. The van der Waals surface area contributed by atoms with E-state index in [0.717, 1.165) is 12.0 Å². The van der Waals surface area contributed by atoms with Crippen LogP contribution in [0.5, 0.6) is 0 Å². The summed E-state index contributed by atoms with van der Waals surface area (Å²) in [6.07, 6.45) is 2.47. The van der Waals surface area contributed by atoms with Crippen molar-refractivity contribution in [2.24, 2.45) is 0 Å². The second kappa shape index (κ2) is 7.76. The fraction of sp³-hybridized carbons (Fsp3) is 0.267. The molecule has 1 heterocycles. The fourth-order valence-electron chi connectivity index (χ4n) is 1.74. The molecule has 7 heteroatoms. The van der Waals surface area contributed by atoms with Gasteiger partial charge in [0.2, 0.25) is 0 Å². The molecular formula is C15H14ClNO3S2. The van der Waals surface area contributed by atoms with Crippen LogP contribution in [0, 0.1) is 0 Å². The topological polar surface area (TPSA) is 46.6 Å². The number of thioether (sulfide) groups is 1. The molecule has 0 unspecified atom stereocenters. The number of thiocarbonyl (C=S) groups is 1. The molecule has 0 bridgehead atoms. The highest BCUT2D eigenvalue weighted by Gasteiger charge is 2.33. The SMILES string of the molecule is CCCOC(=O)CN1C(=O)/C(=C/c2ccc(Cl)cc2)SC1=S. The minimum atomic E-state index is -0.453. The Morgan fingerprint density at radius 1 is 1.41 bits per heavy atom. The Kier molecular flexibility index (Phi) is 5.99. The van der Waals surface area contributed by atoms with Crippen molar-refractivity contribution in [3.8, 4) is 0 Å². The zero-order valence-corrected chi connectivity index (χ0v) is 14.3. The van der Waals surface area contributed by atoms with Crippen LogP contribution >= 0.6 is 35.6 Å². The molecule has 0 aliphatic carbocycles. The largest absolute Gasteiger partial charge is 0.464 e. The molecule has 116 valence electrons. The highest BCUT2D eigenvalue weighted by Crippen LogP contribution is 2.32. The maximum atomic E-state index is 12.3. The van der Waals surface area contributed by atoms with Gasteiger partial charge in [0.25, 0.3) is 5.91 Å². The molecule has 0 radical (unpaired) electrons. The van der Waals surface area contributed by atoms with Gasteiger partial charge in [-0.15, -0.1) is 0 Å². The number of ether oxygens (including phenoxy) is 1. The van der Waals surface area contributed by atoms with E-state index in [1.54, 1.807) is 18.2 Å². The van der Waals surface area contributed by atoms with Crippen LogP contribution in [0.1, 0.15) is 18.9 Å². The number of esters is 1. The fourth-order valence-corrected chi connectivity index (χ4v) is 3.12. The Labute approximate surface area is 143 Å². The number of hydrogen-bond donors (Lipinski definition) is 0. The molecule has 1 aliphatic heterocycles. The minimum Gasteiger partial charge on any atom is -0.464 e. The summed E-state index contributed by atoms with van der Waals surface area (Å²) in [5.41, 5.74) is 0.846. The van der Waals surface area contributed by atoms with Gasteiger partial charge < -0.3 is 4.74 Å². The average Bonchev–Trinajstić information content (AvgIpc) is 2.75. The lowest BCUT2D eigenvalue weighted by Crippen LogP contribution is -2.34. The third kappa shape index (κ3) is 4.32. The first kappa shape index (κ1) is 17.0. The molecular weight excluding hydrogens is 342 g/mol. The quantitative estimate of drug-likeness (QED) is 0.459. The summed E-state index contributed by atoms with van der Waals surface area (Å²) in [6, 6.07) is 7.11. The van der Waals surface area contributed by atoms with Crippen molar-refractivity contribution >= 4 is 57.9 Å². The van der Waals surface area contributed by atoms with Crippen molar-refractivity contribution in [3.05, 3.63) is 39.8 Å². The molecule has 0 N–H and O–H groups in total. The predicted molar refractivity (Wildman–Crippen MR) is 92.6 cm³/mol. The summed E-state index contributed by atoms with van der Waals surface area (Å²) in [7, 11) is 0. The third-order valence-corrected chi connectivity index (χ3v) is 4.43. The van der Waals surface area contributed by atoms with Crippen LogP contribution in [0.15, 0.2) is 29.2 Å². The standard InChI is InChI=1S/C15H14ClNO3S2/c1-2-7-20-13(18)9-17-14(19)12(22-15(17)21)8-10-3-5-11(16)6-4-10/h3-6,8H,2,7,9H2,1H3/b12-8-. The molecule has 1 amide bonds. The van der Waals surface area contributed by atoms with E-state index in [1.165, 1.54) is 16.7 Å². The van der Waals surface area contributed by atoms with Crippen LogP contribution in [0.25, 0.3) is 6.08 Å². The molecule has 1 aromatic carbocycles. The van der Waals surface area contributed by atoms with Gasteiger partial charge in [-0.3, -0.25) is 14.5 Å². The highest BCUT2D eigenvalue weighted by molar-refractivity contribution is 8.26. The lowest BCUT2D eigenvalue weighted by Gasteiger charge is -2.13. The van der Waals surface area contributed by atoms with Crippen LogP contribution in [-0.4, -0.2) is 34.2 Å². The van der Waals surface area contributed by atoms with E-state index in [-0.39, 0.29) is 12.5 Å². The maximum absolute atomic E-state index is 12.3. The van der Waals surface area contributed by atoms with Crippen LogP contribution in [0.2, 0.25) is 5.02 Å². The van der Waals surface area contributed by atoms with Crippen molar-refractivity contribution < 1.29 is 14.3 Å². The second-order valence-electron chi connectivity index (χ2n) is 4.54. The molecule has 22 heavy (non-hydrogen) atoms. The Hall–Kier alpha value is -1.37. The van der Waals surface area contributed by atoms with Gasteiger partial charge in [0, 0.05) is 5.02 Å². The van der Waals surface area contributed by atoms with Crippen LogP contribution in [0.4, 0.5) is 0 Å². The van der Waals surface area contributed by atoms with Gasteiger partial charge in [-0.1, -0.05) is 54.6 Å². The van der Waals surface area contributed by atoms with Gasteiger partial charge in [0.1, 0.15) is 10.9 Å². The van der Waals surface area contributed by atoms with Crippen molar-refractivity contribution in [1.82, 2.24) is 4.90 Å². The lowest BCUT2D eigenvalue weighted by molar-refractivity contribution is -0.146. The summed E-state index contributed by atoms with van der Waals surface area (Å²) in [4.78, 5) is 25.7. The van der Waals surface area contributed by atoms with Crippen molar-refractivity contribution in [2.45, 2.75) is 13.3 Å². The summed E-state index contributed by atoms with van der Waals surface area (Å²) in [5.74, 6) is -0.732. The van der Waals surface area contributed by atoms with E-state index < -0.39 is 5.97 Å². The molecule has 1 fully saturated rings. The van der Waals surface area contributed by atoms with Crippen LogP contribution in [0.3, 0.4) is 0 Å². The first-order valence-electron chi connectivity index (χ1n) is 6.68. The molecule has 0 atom stereocenters. The zero-order chi connectivity index (χ0) is 16.1. The lowest BCUT2D eigenvalue weighted by atomic mass is 10.2. The molecule has 0 saturated carbocycles. The van der Waals surface area contributed by atoms with E-state index in [0.29, 0.717) is 20.9 Å². The van der Waals surface area contributed by atoms with Crippen molar-refractivity contribution in [3.63, 3.8) is 0 Å².